The Kier molecular flexibility index (Phi) is 3.00. The van der Waals surface area contributed by atoms with Gasteiger partial charge in [-0.2, -0.15) is 0 Å². The number of ether oxygens (including phenoxy) is 2. The van der Waals surface area contributed by atoms with Crippen LogP contribution in [0.2, 0.25) is 0 Å². The Hall–Kier alpha value is -1.72. The summed E-state index contributed by atoms with van der Waals surface area (Å²) in [6.07, 6.45) is 3.46. The van der Waals surface area contributed by atoms with Gasteiger partial charge in [-0.15, -0.1) is 0 Å². The molecule has 0 N–H and O–H groups in total. The van der Waals surface area contributed by atoms with Crippen LogP contribution in [0.25, 0.3) is 0 Å². The maximum atomic E-state index is 12.6. The summed E-state index contributed by atoms with van der Waals surface area (Å²) in [4.78, 5) is 48.4. The van der Waals surface area contributed by atoms with Gasteiger partial charge in [-0.25, -0.2) is 0 Å². The van der Waals surface area contributed by atoms with Crippen LogP contribution >= 0.6 is 0 Å². The molecule has 14 atom stereocenters. The Morgan fingerprint density at radius 3 is 2.24 bits per heavy atom. The van der Waals surface area contributed by atoms with Gasteiger partial charge < -0.3 is 9.47 Å². The molecule has 154 valence electrons. The molecule has 6 saturated carbocycles. The van der Waals surface area contributed by atoms with Crippen LogP contribution in [-0.4, -0.2) is 23.9 Å². The molecule has 0 aromatic carbocycles. The molecule has 0 radical (unpaired) electrons. The summed E-state index contributed by atoms with van der Waals surface area (Å²) in [5.41, 5.74) is 0. The zero-order valence-corrected chi connectivity index (χ0v) is 16.7. The summed E-state index contributed by atoms with van der Waals surface area (Å²) in [6.45, 7) is 3.46. The van der Waals surface area contributed by atoms with Gasteiger partial charge in [0.05, 0.1) is 17.8 Å². The van der Waals surface area contributed by atoms with Gasteiger partial charge in [-0.05, 0) is 84.4 Å². The third-order valence-corrected chi connectivity index (χ3v) is 10.7. The first-order chi connectivity index (χ1) is 13.9. The molecule has 14 unspecified atom stereocenters. The topological polar surface area (TPSA) is 86.7 Å². The highest BCUT2D eigenvalue weighted by Gasteiger charge is 2.77. The molecule has 0 amide bonds. The fourth-order valence-corrected chi connectivity index (χ4v) is 10.4. The molecule has 0 aromatic rings. The summed E-state index contributed by atoms with van der Waals surface area (Å²) in [7, 11) is 0. The number of esters is 4. The third kappa shape index (κ3) is 1.74. The maximum absolute atomic E-state index is 12.6. The molecular formula is C23H26O6. The van der Waals surface area contributed by atoms with E-state index in [1.54, 1.807) is 0 Å². The molecule has 1 heterocycles. The van der Waals surface area contributed by atoms with E-state index in [-0.39, 0.29) is 41.6 Å². The van der Waals surface area contributed by atoms with Crippen LogP contribution in [0.5, 0.6) is 0 Å². The van der Waals surface area contributed by atoms with Crippen LogP contribution in [-0.2, 0) is 28.7 Å². The standard InChI is InChI=1S/C23H26O6/c1-6-13-11-5-12(18(13)14(6)21(25)28-7(2)24)16-9-3-8(15(11)16)4-10-17(9)20-19(10)22(26)29-23(20)27/h6,8-20H,3-5H2,1-2H3. The zero-order chi connectivity index (χ0) is 19.9. The lowest BCUT2D eigenvalue weighted by molar-refractivity contribution is -0.179. The van der Waals surface area contributed by atoms with Crippen molar-refractivity contribution in [3.8, 4) is 0 Å². The largest absolute Gasteiger partial charge is 0.393 e. The van der Waals surface area contributed by atoms with E-state index < -0.39 is 5.97 Å². The highest BCUT2D eigenvalue weighted by molar-refractivity contribution is 5.98. The lowest BCUT2D eigenvalue weighted by Crippen LogP contribution is -2.57. The molecule has 4 bridgehead atoms. The molecule has 29 heavy (non-hydrogen) atoms. The van der Waals surface area contributed by atoms with Gasteiger partial charge in [0, 0.05) is 6.92 Å². The van der Waals surface area contributed by atoms with Crippen molar-refractivity contribution in [3.05, 3.63) is 0 Å². The lowest BCUT2D eigenvalue weighted by atomic mass is 9.47. The van der Waals surface area contributed by atoms with E-state index >= 15 is 0 Å². The predicted octanol–water partition coefficient (Wildman–Crippen LogP) is 2.06. The van der Waals surface area contributed by atoms with Crippen molar-refractivity contribution in [2.75, 3.05) is 0 Å². The van der Waals surface area contributed by atoms with Crippen LogP contribution in [0.4, 0.5) is 0 Å². The fourth-order valence-electron chi connectivity index (χ4n) is 10.4. The summed E-state index contributed by atoms with van der Waals surface area (Å²) in [5, 5.41) is 0. The molecule has 0 spiro atoms. The molecule has 7 rings (SSSR count). The van der Waals surface area contributed by atoms with E-state index in [1.165, 1.54) is 19.8 Å². The van der Waals surface area contributed by atoms with Crippen LogP contribution in [0, 0.1) is 82.9 Å². The van der Waals surface area contributed by atoms with Crippen LogP contribution in [0.15, 0.2) is 0 Å². The summed E-state index contributed by atoms with van der Waals surface area (Å²) < 4.78 is 9.99. The monoisotopic (exact) mass is 398 g/mol. The van der Waals surface area contributed by atoms with Crippen molar-refractivity contribution in [1.29, 1.82) is 0 Å². The first kappa shape index (κ1) is 17.0. The van der Waals surface area contributed by atoms with Crippen molar-refractivity contribution in [2.45, 2.75) is 33.1 Å². The van der Waals surface area contributed by atoms with Gasteiger partial charge in [0.25, 0.3) is 0 Å². The Labute approximate surface area is 169 Å². The SMILES string of the molecule is CC(=O)OC(=O)C1C(C)C2C3CC(C4C5CC(CC6C7C(=O)OC(=O)C7C65)C34)C12. The number of fused-ring (bicyclic) bond motifs is 17. The molecule has 0 aromatic heterocycles. The fraction of sp³-hybridized carbons (Fsp3) is 0.826. The molecule has 7 fully saturated rings. The van der Waals surface area contributed by atoms with Crippen molar-refractivity contribution in [1.82, 2.24) is 0 Å². The predicted molar refractivity (Wildman–Crippen MR) is 96.3 cm³/mol. The molecule has 7 aliphatic rings. The second-order valence-electron chi connectivity index (χ2n) is 11.1. The number of rotatable bonds is 1. The van der Waals surface area contributed by atoms with Crippen LogP contribution in [0.3, 0.4) is 0 Å². The molecule has 1 aliphatic heterocycles. The van der Waals surface area contributed by atoms with Gasteiger partial charge in [-0.1, -0.05) is 6.92 Å². The maximum Gasteiger partial charge on any atom is 0.317 e. The Morgan fingerprint density at radius 2 is 1.48 bits per heavy atom. The number of carbonyl (C=O) groups is 4. The van der Waals surface area contributed by atoms with Crippen molar-refractivity contribution in [3.63, 3.8) is 0 Å². The van der Waals surface area contributed by atoms with E-state index in [0.717, 1.165) is 6.42 Å². The zero-order valence-electron chi connectivity index (χ0n) is 16.7. The third-order valence-electron chi connectivity index (χ3n) is 10.7. The van der Waals surface area contributed by atoms with Gasteiger partial charge in [0.15, 0.2) is 0 Å². The minimum Gasteiger partial charge on any atom is -0.393 e. The first-order valence-corrected chi connectivity index (χ1v) is 11.4. The van der Waals surface area contributed by atoms with Gasteiger partial charge in [0.1, 0.15) is 0 Å². The van der Waals surface area contributed by atoms with Crippen molar-refractivity contribution < 1.29 is 28.7 Å². The number of carbonyl (C=O) groups excluding carboxylic acids is 4. The number of hydrogen-bond donors (Lipinski definition) is 0. The number of cyclic esters (lactones) is 2. The van der Waals surface area contributed by atoms with Gasteiger partial charge >= 0.3 is 23.9 Å². The smallest absolute Gasteiger partial charge is 0.317 e. The Balaban J connectivity index is 1.20. The lowest BCUT2D eigenvalue weighted by Gasteiger charge is -2.56. The van der Waals surface area contributed by atoms with E-state index in [9.17, 15) is 19.2 Å². The Morgan fingerprint density at radius 1 is 0.828 bits per heavy atom. The van der Waals surface area contributed by atoms with Crippen LogP contribution < -0.4 is 0 Å². The highest BCUT2D eigenvalue weighted by Crippen LogP contribution is 2.79. The average Bonchev–Trinajstić information content (AvgIpc) is 3.28. The van der Waals surface area contributed by atoms with E-state index in [2.05, 4.69) is 6.92 Å². The molecule has 1 saturated heterocycles. The van der Waals surface area contributed by atoms with E-state index in [1.807, 2.05) is 0 Å². The summed E-state index contributed by atoms with van der Waals surface area (Å²) in [6, 6.07) is 0. The average molecular weight is 398 g/mol. The van der Waals surface area contributed by atoms with E-state index in [4.69, 9.17) is 9.47 Å². The molecule has 6 heteroatoms. The quantitative estimate of drug-likeness (QED) is 0.382. The summed E-state index contributed by atoms with van der Waals surface area (Å²) >= 11 is 0. The second-order valence-corrected chi connectivity index (χ2v) is 11.1. The van der Waals surface area contributed by atoms with Crippen molar-refractivity contribution >= 4 is 23.9 Å². The van der Waals surface area contributed by atoms with Gasteiger partial charge in [0.2, 0.25) is 0 Å². The minimum absolute atomic E-state index is 0.150. The van der Waals surface area contributed by atoms with Crippen molar-refractivity contribution in [2.24, 2.45) is 82.9 Å². The normalized spacial score (nSPS) is 59.7. The second kappa shape index (κ2) is 5.12. The summed E-state index contributed by atoms with van der Waals surface area (Å²) in [5.74, 6) is 3.53. The minimum atomic E-state index is -0.517. The number of hydrogen-bond acceptors (Lipinski definition) is 6. The van der Waals surface area contributed by atoms with E-state index in [0.29, 0.717) is 59.2 Å². The first-order valence-electron chi connectivity index (χ1n) is 11.4. The van der Waals surface area contributed by atoms with Crippen LogP contribution in [0.1, 0.15) is 33.1 Å². The highest BCUT2D eigenvalue weighted by atomic mass is 16.6. The molecular weight excluding hydrogens is 372 g/mol. The molecule has 6 nitrogen and oxygen atoms in total. The Bertz CT molecular complexity index is 879. The molecule has 6 aliphatic carbocycles. The van der Waals surface area contributed by atoms with Gasteiger partial charge in [-0.3, -0.25) is 19.2 Å².